The number of benzene rings is 1. The number of anilines is 1. The zero-order chi connectivity index (χ0) is 16.2. The number of carbonyl (C=O) groups is 1. The number of hydrogen-bond donors (Lipinski definition) is 1. The highest BCUT2D eigenvalue weighted by Crippen LogP contribution is 2.30. The summed E-state index contributed by atoms with van der Waals surface area (Å²) in [7, 11) is 1.52. The zero-order valence-corrected chi connectivity index (χ0v) is 12.4. The van der Waals surface area contributed by atoms with Crippen molar-refractivity contribution in [2.24, 2.45) is 0 Å². The third-order valence-corrected chi connectivity index (χ3v) is 3.24. The van der Waals surface area contributed by atoms with Crippen LogP contribution in [0.15, 0.2) is 42.9 Å². The van der Waals surface area contributed by atoms with Crippen molar-refractivity contribution < 1.29 is 9.53 Å². The molecule has 0 unspecified atom stereocenters. The van der Waals surface area contributed by atoms with Gasteiger partial charge in [-0.05, 0) is 24.3 Å². The minimum absolute atomic E-state index is 0.217. The molecule has 2 aromatic heterocycles. The van der Waals surface area contributed by atoms with E-state index in [-0.39, 0.29) is 12.3 Å². The molecule has 3 aromatic rings. The first kappa shape index (κ1) is 14.5. The van der Waals surface area contributed by atoms with Crippen molar-refractivity contribution in [1.82, 2.24) is 14.4 Å². The standard InChI is InChI=1S/C16H13N5O2/c1-23-14-4-3-11(9-12(14)19-15(22)5-6-17)13-10-21-8-2-7-18-16(21)20-13/h2-4,7-10H,5H2,1H3,(H,19,22). The molecule has 0 aliphatic carbocycles. The number of rotatable bonds is 4. The lowest BCUT2D eigenvalue weighted by molar-refractivity contribution is -0.115. The summed E-state index contributed by atoms with van der Waals surface area (Å²) in [6.45, 7) is 0. The minimum atomic E-state index is -0.389. The lowest BCUT2D eigenvalue weighted by atomic mass is 10.1. The summed E-state index contributed by atoms with van der Waals surface area (Å²) < 4.78 is 7.05. The fraction of sp³-hybridized carbons (Fsp3) is 0.125. The van der Waals surface area contributed by atoms with Crippen LogP contribution in [0.2, 0.25) is 0 Å². The number of hydrogen-bond acceptors (Lipinski definition) is 5. The summed E-state index contributed by atoms with van der Waals surface area (Å²) >= 11 is 0. The predicted molar refractivity (Wildman–Crippen MR) is 83.8 cm³/mol. The average molecular weight is 307 g/mol. The van der Waals surface area contributed by atoms with Gasteiger partial charge >= 0.3 is 0 Å². The number of ether oxygens (including phenoxy) is 1. The normalized spacial score (nSPS) is 10.3. The van der Waals surface area contributed by atoms with E-state index < -0.39 is 0 Å². The third kappa shape index (κ3) is 2.96. The van der Waals surface area contributed by atoms with Crippen molar-refractivity contribution in [2.45, 2.75) is 6.42 Å². The second-order valence-electron chi connectivity index (χ2n) is 4.75. The van der Waals surface area contributed by atoms with Crippen LogP contribution in [0.25, 0.3) is 17.0 Å². The molecule has 0 bridgehead atoms. The highest BCUT2D eigenvalue weighted by molar-refractivity contribution is 5.94. The quantitative estimate of drug-likeness (QED) is 0.798. The Kier molecular flexibility index (Phi) is 3.89. The first-order chi connectivity index (χ1) is 11.2. The number of nitriles is 1. The SMILES string of the molecule is COc1ccc(-c2cn3cccnc3n2)cc1NC(=O)CC#N. The van der Waals surface area contributed by atoms with Gasteiger partial charge in [0.05, 0.1) is 24.6 Å². The van der Waals surface area contributed by atoms with Crippen molar-refractivity contribution in [3.05, 3.63) is 42.9 Å². The molecule has 0 spiro atoms. The second-order valence-corrected chi connectivity index (χ2v) is 4.75. The lowest BCUT2D eigenvalue weighted by Gasteiger charge is -2.10. The summed E-state index contributed by atoms with van der Waals surface area (Å²) in [4.78, 5) is 20.3. The minimum Gasteiger partial charge on any atom is -0.495 e. The van der Waals surface area contributed by atoms with Crippen molar-refractivity contribution in [3.8, 4) is 23.1 Å². The van der Waals surface area contributed by atoms with E-state index in [2.05, 4.69) is 15.3 Å². The van der Waals surface area contributed by atoms with E-state index in [1.54, 1.807) is 18.3 Å². The second kappa shape index (κ2) is 6.15. The van der Waals surface area contributed by atoms with E-state index in [0.717, 1.165) is 11.3 Å². The summed E-state index contributed by atoms with van der Waals surface area (Å²) in [5.41, 5.74) is 2.03. The monoisotopic (exact) mass is 307 g/mol. The van der Waals surface area contributed by atoms with Crippen LogP contribution in [-0.4, -0.2) is 27.4 Å². The predicted octanol–water partition coefficient (Wildman–Crippen LogP) is 2.26. The molecule has 0 saturated heterocycles. The van der Waals surface area contributed by atoms with Crippen molar-refractivity contribution in [3.63, 3.8) is 0 Å². The molecule has 1 amide bonds. The number of fused-ring (bicyclic) bond motifs is 1. The molecule has 0 aliphatic rings. The van der Waals surface area contributed by atoms with Crippen LogP contribution in [0.3, 0.4) is 0 Å². The van der Waals surface area contributed by atoms with Gasteiger partial charge in [0.25, 0.3) is 0 Å². The number of methoxy groups -OCH3 is 1. The first-order valence-corrected chi connectivity index (χ1v) is 6.86. The van der Waals surface area contributed by atoms with Crippen LogP contribution in [0.4, 0.5) is 5.69 Å². The number of imidazole rings is 1. The maximum absolute atomic E-state index is 11.7. The molecule has 0 radical (unpaired) electrons. The Bertz CT molecular complexity index is 877. The Morgan fingerprint density at radius 3 is 3.09 bits per heavy atom. The molecule has 0 fully saturated rings. The van der Waals surface area contributed by atoms with Gasteiger partial charge in [-0.3, -0.25) is 9.20 Å². The van der Waals surface area contributed by atoms with E-state index in [1.807, 2.05) is 35.0 Å². The first-order valence-electron chi connectivity index (χ1n) is 6.86. The Balaban J connectivity index is 1.99. The van der Waals surface area contributed by atoms with Gasteiger partial charge in [-0.25, -0.2) is 9.97 Å². The molecule has 23 heavy (non-hydrogen) atoms. The van der Waals surface area contributed by atoms with Gasteiger partial charge in [0.1, 0.15) is 12.2 Å². The fourth-order valence-electron chi connectivity index (χ4n) is 2.20. The maximum Gasteiger partial charge on any atom is 0.238 e. The Hall–Kier alpha value is -3.40. The highest BCUT2D eigenvalue weighted by Gasteiger charge is 2.11. The smallest absolute Gasteiger partial charge is 0.238 e. The molecule has 0 atom stereocenters. The van der Waals surface area contributed by atoms with Crippen LogP contribution < -0.4 is 10.1 Å². The zero-order valence-electron chi connectivity index (χ0n) is 12.4. The molecule has 0 saturated carbocycles. The Labute approximate surface area is 132 Å². The van der Waals surface area contributed by atoms with Crippen LogP contribution in [0, 0.1) is 11.3 Å². The van der Waals surface area contributed by atoms with E-state index in [4.69, 9.17) is 10.00 Å². The van der Waals surface area contributed by atoms with Gasteiger partial charge in [0.15, 0.2) is 0 Å². The summed E-state index contributed by atoms with van der Waals surface area (Å²) in [6, 6.07) is 8.98. The van der Waals surface area contributed by atoms with Crippen molar-refractivity contribution in [1.29, 1.82) is 5.26 Å². The number of carbonyl (C=O) groups excluding carboxylic acids is 1. The molecule has 7 heteroatoms. The summed E-state index contributed by atoms with van der Waals surface area (Å²) in [6.07, 6.45) is 5.17. The van der Waals surface area contributed by atoms with Gasteiger partial charge in [0, 0.05) is 24.2 Å². The molecule has 1 aromatic carbocycles. The van der Waals surface area contributed by atoms with Crippen LogP contribution >= 0.6 is 0 Å². The van der Waals surface area contributed by atoms with Crippen LogP contribution in [0.5, 0.6) is 5.75 Å². The molecule has 0 aliphatic heterocycles. The summed E-state index contributed by atoms with van der Waals surface area (Å²) in [5.74, 6) is 0.718. The topological polar surface area (TPSA) is 92.3 Å². The van der Waals surface area contributed by atoms with E-state index in [0.29, 0.717) is 17.2 Å². The van der Waals surface area contributed by atoms with Crippen molar-refractivity contribution in [2.75, 3.05) is 12.4 Å². The highest BCUT2D eigenvalue weighted by atomic mass is 16.5. The van der Waals surface area contributed by atoms with Crippen molar-refractivity contribution >= 4 is 17.4 Å². The summed E-state index contributed by atoms with van der Waals surface area (Å²) in [5, 5.41) is 11.3. The largest absolute Gasteiger partial charge is 0.495 e. The number of nitrogens with one attached hydrogen (secondary N) is 1. The lowest BCUT2D eigenvalue weighted by Crippen LogP contribution is -2.11. The number of aromatic nitrogens is 3. The van der Waals surface area contributed by atoms with Crippen LogP contribution in [-0.2, 0) is 4.79 Å². The molecular weight excluding hydrogens is 294 g/mol. The molecule has 114 valence electrons. The van der Waals surface area contributed by atoms with Gasteiger partial charge in [-0.1, -0.05) is 0 Å². The molecule has 3 rings (SSSR count). The van der Waals surface area contributed by atoms with Gasteiger partial charge < -0.3 is 10.1 Å². The van der Waals surface area contributed by atoms with Gasteiger partial charge in [-0.2, -0.15) is 5.26 Å². The number of nitrogens with zero attached hydrogens (tertiary/aromatic N) is 4. The maximum atomic E-state index is 11.7. The van der Waals surface area contributed by atoms with E-state index >= 15 is 0 Å². The van der Waals surface area contributed by atoms with Gasteiger partial charge in [-0.15, -0.1) is 0 Å². The fourth-order valence-corrected chi connectivity index (χ4v) is 2.20. The Morgan fingerprint density at radius 2 is 2.35 bits per heavy atom. The van der Waals surface area contributed by atoms with Crippen LogP contribution in [0.1, 0.15) is 6.42 Å². The average Bonchev–Trinajstić information content (AvgIpc) is 2.99. The van der Waals surface area contributed by atoms with E-state index in [9.17, 15) is 4.79 Å². The molecular formula is C16H13N5O2. The molecule has 2 heterocycles. The Morgan fingerprint density at radius 1 is 1.48 bits per heavy atom. The molecule has 7 nitrogen and oxygen atoms in total. The van der Waals surface area contributed by atoms with Gasteiger partial charge in [0.2, 0.25) is 11.7 Å². The molecule has 1 N–H and O–H groups in total. The third-order valence-electron chi connectivity index (χ3n) is 3.24. The number of amides is 1. The van der Waals surface area contributed by atoms with E-state index in [1.165, 1.54) is 7.11 Å².